The molecule has 128 valence electrons. The molecule has 0 aliphatic carbocycles. The number of thiazole rings is 1. The molecule has 1 heterocycles. The Morgan fingerprint density at radius 3 is 2.92 bits per heavy atom. The maximum absolute atomic E-state index is 13.5. The van der Waals surface area contributed by atoms with Crippen molar-refractivity contribution < 1.29 is 23.1 Å². The van der Waals surface area contributed by atoms with Crippen LogP contribution < -0.4 is 5.32 Å². The van der Waals surface area contributed by atoms with E-state index in [4.69, 9.17) is 4.74 Å². The zero-order valence-electron chi connectivity index (χ0n) is 12.7. The lowest BCUT2D eigenvalue weighted by Crippen LogP contribution is -2.14. The van der Waals surface area contributed by atoms with Gasteiger partial charge in [-0.25, -0.2) is 13.8 Å². The van der Waals surface area contributed by atoms with E-state index in [2.05, 4.69) is 10.3 Å². The summed E-state index contributed by atoms with van der Waals surface area (Å²) < 4.78 is 31.3. The van der Waals surface area contributed by atoms with Crippen molar-refractivity contribution in [2.24, 2.45) is 0 Å². The van der Waals surface area contributed by atoms with Gasteiger partial charge in [-0.2, -0.15) is 0 Å². The fourth-order valence-corrected chi connectivity index (χ4v) is 3.18. The first-order chi connectivity index (χ1) is 11.5. The van der Waals surface area contributed by atoms with Crippen LogP contribution in [0.1, 0.15) is 12.6 Å². The van der Waals surface area contributed by atoms with Gasteiger partial charge < -0.3 is 10.1 Å². The summed E-state index contributed by atoms with van der Waals surface area (Å²) in [6, 6.07) is 3.06. The number of carbonyl (C=O) groups is 2. The zero-order valence-corrected chi connectivity index (χ0v) is 14.3. The van der Waals surface area contributed by atoms with Gasteiger partial charge in [0.05, 0.1) is 24.5 Å². The predicted molar refractivity (Wildman–Crippen MR) is 88.2 cm³/mol. The molecule has 0 aliphatic rings. The van der Waals surface area contributed by atoms with Crippen LogP contribution in [0.15, 0.2) is 28.5 Å². The molecule has 2 aromatic rings. The van der Waals surface area contributed by atoms with Crippen molar-refractivity contribution in [2.45, 2.75) is 18.2 Å². The van der Waals surface area contributed by atoms with Crippen LogP contribution in [-0.2, 0) is 20.7 Å². The van der Waals surface area contributed by atoms with E-state index in [1.807, 2.05) is 0 Å². The van der Waals surface area contributed by atoms with Crippen LogP contribution in [0.2, 0.25) is 0 Å². The summed E-state index contributed by atoms with van der Waals surface area (Å²) in [6.45, 7) is 2.00. The van der Waals surface area contributed by atoms with Gasteiger partial charge in [-0.05, 0) is 25.1 Å². The fourth-order valence-electron chi connectivity index (χ4n) is 1.69. The molecule has 2 rings (SSSR count). The number of hydrogen-bond donors (Lipinski definition) is 1. The van der Waals surface area contributed by atoms with E-state index in [0.717, 1.165) is 30.0 Å². The molecular weight excluding hydrogens is 358 g/mol. The smallest absolute Gasteiger partial charge is 0.311 e. The molecule has 1 aromatic heterocycles. The van der Waals surface area contributed by atoms with E-state index in [9.17, 15) is 18.4 Å². The van der Waals surface area contributed by atoms with Gasteiger partial charge in [0.25, 0.3) is 0 Å². The van der Waals surface area contributed by atoms with Gasteiger partial charge in [-0.3, -0.25) is 9.59 Å². The lowest BCUT2D eigenvalue weighted by Gasteiger charge is -2.03. The Bertz CT molecular complexity index is 737. The van der Waals surface area contributed by atoms with E-state index < -0.39 is 23.5 Å². The number of nitrogens with zero attached hydrogens (tertiary/aromatic N) is 1. The minimum Gasteiger partial charge on any atom is -0.466 e. The topological polar surface area (TPSA) is 68.3 Å². The number of rotatable bonds is 7. The second-order valence-electron chi connectivity index (χ2n) is 4.54. The number of thioether (sulfide) groups is 1. The van der Waals surface area contributed by atoms with Gasteiger partial charge in [-0.1, -0.05) is 0 Å². The summed E-state index contributed by atoms with van der Waals surface area (Å²) in [6.07, 6.45) is 0.0312. The third-order valence-corrected chi connectivity index (χ3v) is 4.52. The summed E-state index contributed by atoms with van der Waals surface area (Å²) in [5.41, 5.74) is 0.498. The molecule has 0 saturated carbocycles. The van der Waals surface area contributed by atoms with Gasteiger partial charge in [0, 0.05) is 10.3 Å². The normalized spacial score (nSPS) is 10.5. The fraction of sp³-hybridized carbons (Fsp3) is 0.267. The summed E-state index contributed by atoms with van der Waals surface area (Å²) in [4.78, 5) is 27.4. The van der Waals surface area contributed by atoms with E-state index in [1.54, 1.807) is 12.3 Å². The Morgan fingerprint density at radius 2 is 2.17 bits per heavy atom. The van der Waals surface area contributed by atoms with Gasteiger partial charge >= 0.3 is 5.97 Å². The predicted octanol–water partition coefficient (Wildman–Crippen LogP) is 3.26. The molecule has 1 aromatic carbocycles. The number of halogens is 2. The Morgan fingerprint density at radius 1 is 1.38 bits per heavy atom. The molecule has 0 saturated heterocycles. The number of amides is 1. The number of aromatic nitrogens is 1. The average Bonchev–Trinajstić information content (AvgIpc) is 2.95. The molecule has 0 aliphatic heterocycles. The number of ether oxygens (including phenoxy) is 1. The first-order valence-corrected chi connectivity index (χ1v) is 8.82. The molecule has 1 N–H and O–H groups in total. The molecule has 0 spiro atoms. The highest BCUT2D eigenvalue weighted by molar-refractivity contribution is 8.00. The number of hydrogen-bond acceptors (Lipinski definition) is 6. The SMILES string of the molecule is CCOC(=O)Cc1csc(NC(=O)CSc2cc(F)ccc2F)n1. The molecule has 24 heavy (non-hydrogen) atoms. The third kappa shape index (κ3) is 5.57. The summed E-state index contributed by atoms with van der Waals surface area (Å²) in [7, 11) is 0. The Hall–Kier alpha value is -2.00. The number of benzene rings is 1. The van der Waals surface area contributed by atoms with E-state index in [0.29, 0.717) is 17.4 Å². The van der Waals surface area contributed by atoms with Crippen LogP contribution >= 0.6 is 23.1 Å². The standard InChI is InChI=1S/C15H14F2N2O3S2/c1-2-22-14(21)6-10-7-24-15(18-10)19-13(20)8-23-12-5-9(16)3-4-11(12)17/h3-5,7H,2,6,8H2,1H3,(H,18,19,20). The van der Waals surface area contributed by atoms with Crippen LogP contribution in [0.3, 0.4) is 0 Å². The highest BCUT2D eigenvalue weighted by Gasteiger charge is 2.12. The first-order valence-electron chi connectivity index (χ1n) is 6.95. The molecule has 0 atom stereocenters. The molecule has 0 fully saturated rings. The second-order valence-corrected chi connectivity index (χ2v) is 6.41. The summed E-state index contributed by atoms with van der Waals surface area (Å²) in [5.74, 6) is -2.03. The third-order valence-electron chi connectivity index (χ3n) is 2.68. The Kier molecular flexibility index (Phi) is 6.68. The highest BCUT2D eigenvalue weighted by Crippen LogP contribution is 2.23. The van der Waals surface area contributed by atoms with Crippen molar-refractivity contribution in [2.75, 3.05) is 17.7 Å². The number of nitrogens with one attached hydrogen (secondary N) is 1. The molecule has 0 bridgehead atoms. The second kappa shape index (κ2) is 8.74. The first kappa shape index (κ1) is 18.3. The minimum absolute atomic E-state index is 0.0312. The monoisotopic (exact) mass is 372 g/mol. The molecule has 5 nitrogen and oxygen atoms in total. The zero-order chi connectivity index (χ0) is 17.5. The number of esters is 1. The van der Waals surface area contributed by atoms with Crippen molar-refractivity contribution >= 4 is 40.1 Å². The molecule has 9 heteroatoms. The highest BCUT2D eigenvalue weighted by atomic mass is 32.2. The van der Waals surface area contributed by atoms with Crippen molar-refractivity contribution in [1.29, 1.82) is 0 Å². The summed E-state index contributed by atoms with van der Waals surface area (Å²) >= 11 is 2.06. The van der Waals surface area contributed by atoms with Gasteiger partial charge in [-0.15, -0.1) is 23.1 Å². The van der Waals surface area contributed by atoms with Gasteiger partial charge in [0.2, 0.25) is 5.91 Å². The van der Waals surface area contributed by atoms with Crippen molar-refractivity contribution in [3.05, 3.63) is 40.9 Å². The molecule has 1 amide bonds. The molecular formula is C15H14F2N2O3S2. The largest absolute Gasteiger partial charge is 0.466 e. The van der Waals surface area contributed by atoms with E-state index >= 15 is 0 Å². The average molecular weight is 372 g/mol. The molecule has 0 unspecified atom stereocenters. The van der Waals surface area contributed by atoms with Crippen LogP contribution in [0.25, 0.3) is 0 Å². The molecule has 0 radical (unpaired) electrons. The van der Waals surface area contributed by atoms with Crippen LogP contribution in [0, 0.1) is 11.6 Å². The number of anilines is 1. The van der Waals surface area contributed by atoms with Crippen LogP contribution in [-0.4, -0.2) is 29.2 Å². The lowest BCUT2D eigenvalue weighted by atomic mass is 10.3. The van der Waals surface area contributed by atoms with Crippen molar-refractivity contribution in [3.63, 3.8) is 0 Å². The Balaban J connectivity index is 1.85. The van der Waals surface area contributed by atoms with Crippen LogP contribution in [0.5, 0.6) is 0 Å². The van der Waals surface area contributed by atoms with E-state index in [-0.39, 0.29) is 17.1 Å². The number of carbonyl (C=O) groups excluding carboxylic acids is 2. The van der Waals surface area contributed by atoms with Crippen molar-refractivity contribution in [3.8, 4) is 0 Å². The summed E-state index contributed by atoms with van der Waals surface area (Å²) in [5, 5.41) is 4.53. The van der Waals surface area contributed by atoms with Crippen molar-refractivity contribution in [1.82, 2.24) is 4.98 Å². The maximum Gasteiger partial charge on any atom is 0.311 e. The van der Waals surface area contributed by atoms with Gasteiger partial charge in [0.15, 0.2) is 5.13 Å². The minimum atomic E-state index is -0.583. The Labute approximate surface area is 145 Å². The van der Waals surface area contributed by atoms with Crippen LogP contribution in [0.4, 0.5) is 13.9 Å². The van der Waals surface area contributed by atoms with E-state index in [1.165, 1.54) is 11.3 Å². The quantitative estimate of drug-likeness (QED) is 0.597. The lowest BCUT2D eigenvalue weighted by molar-refractivity contribution is -0.142. The van der Waals surface area contributed by atoms with Gasteiger partial charge in [0.1, 0.15) is 11.6 Å². The maximum atomic E-state index is 13.5.